The molecule has 1 heterocycles. The normalized spacial score (nSPS) is 15.2. The van der Waals surface area contributed by atoms with Crippen molar-refractivity contribution in [3.8, 4) is 0 Å². The van der Waals surface area contributed by atoms with Gasteiger partial charge in [-0.3, -0.25) is 9.59 Å². The van der Waals surface area contributed by atoms with E-state index < -0.39 is 5.97 Å². The van der Waals surface area contributed by atoms with Crippen LogP contribution in [0.1, 0.15) is 15.9 Å². The second-order valence-electron chi connectivity index (χ2n) is 6.07. The fourth-order valence-electron chi connectivity index (χ4n) is 2.63. The summed E-state index contributed by atoms with van der Waals surface area (Å²) in [7, 11) is 3.58. The average Bonchev–Trinajstić information content (AvgIpc) is 2.55. The average molecular weight is 333 g/mol. The number of hydrogen-bond donors (Lipinski definition) is 1. The monoisotopic (exact) mass is 333 g/mol. The van der Waals surface area contributed by atoms with Crippen LogP contribution < -0.4 is 0 Å². The number of nitrogens with zero attached hydrogens (tertiary/aromatic N) is 3. The highest BCUT2D eigenvalue weighted by Crippen LogP contribution is 2.11. The summed E-state index contributed by atoms with van der Waals surface area (Å²) in [5.41, 5.74) is 0.568. The van der Waals surface area contributed by atoms with E-state index in [1.54, 1.807) is 30.1 Å². The molecule has 0 aliphatic carbocycles. The number of hydrogen-bond acceptors (Lipinski definition) is 4. The van der Waals surface area contributed by atoms with Crippen LogP contribution in [-0.4, -0.2) is 84.4 Å². The van der Waals surface area contributed by atoms with E-state index in [0.717, 1.165) is 13.1 Å². The summed E-state index contributed by atoms with van der Waals surface area (Å²) in [6.45, 7) is 3.00. The van der Waals surface area contributed by atoms with Gasteiger partial charge in [0.15, 0.2) is 0 Å². The molecule has 1 aromatic carbocycles. The SMILES string of the molecule is CN1CCN(C(=O)CN(C)C(=O)Cc2ccccc2C(=O)O)CC1. The summed E-state index contributed by atoms with van der Waals surface area (Å²) in [5, 5.41) is 9.16. The number of carbonyl (C=O) groups is 3. The second kappa shape index (κ2) is 7.92. The molecule has 1 saturated heterocycles. The third-order valence-electron chi connectivity index (χ3n) is 4.24. The highest BCUT2D eigenvalue weighted by Gasteiger charge is 2.22. The predicted molar refractivity (Wildman–Crippen MR) is 88.8 cm³/mol. The lowest BCUT2D eigenvalue weighted by atomic mass is 10.0. The number of carbonyl (C=O) groups excluding carboxylic acids is 2. The minimum atomic E-state index is -1.06. The van der Waals surface area contributed by atoms with Crippen molar-refractivity contribution in [2.24, 2.45) is 0 Å². The first kappa shape index (κ1) is 17.9. The summed E-state index contributed by atoms with van der Waals surface area (Å²) >= 11 is 0. The number of amides is 2. The molecule has 1 aliphatic rings. The molecule has 0 aromatic heterocycles. The first-order valence-electron chi connectivity index (χ1n) is 7.90. The predicted octanol–water partition coefficient (Wildman–Crippen LogP) is 0.160. The lowest BCUT2D eigenvalue weighted by Gasteiger charge is -2.33. The maximum atomic E-state index is 12.3. The van der Waals surface area contributed by atoms with E-state index in [1.165, 1.54) is 11.0 Å². The van der Waals surface area contributed by atoms with Gasteiger partial charge in [0.05, 0.1) is 18.5 Å². The molecule has 24 heavy (non-hydrogen) atoms. The van der Waals surface area contributed by atoms with Crippen LogP contribution in [0.25, 0.3) is 0 Å². The van der Waals surface area contributed by atoms with Gasteiger partial charge in [0.1, 0.15) is 0 Å². The van der Waals surface area contributed by atoms with Gasteiger partial charge in [-0.05, 0) is 18.7 Å². The summed E-state index contributed by atoms with van der Waals surface area (Å²) in [4.78, 5) is 41.0. The Kier molecular flexibility index (Phi) is 5.92. The minimum Gasteiger partial charge on any atom is -0.478 e. The molecule has 0 bridgehead atoms. The van der Waals surface area contributed by atoms with E-state index in [1.807, 2.05) is 7.05 Å². The Morgan fingerprint density at radius 3 is 2.38 bits per heavy atom. The Balaban J connectivity index is 1.93. The molecule has 0 unspecified atom stereocenters. The van der Waals surface area contributed by atoms with Gasteiger partial charge in [0.25, 0.3) is 0 Å². The molecule has 1 fully saturated rings. The lowest BCUT2D eigenvalue weighted by Crippen LogP contribution is -2.50. The molecular formula is C17H23N3O4. The van der Waals surface area contributed by atoms with E-state index in [0.29, 0.717) is 18.7 Å². The molecule has 1 aliphatic heterocycles. The number of carboxylic acids is 1. The molecular weight excluding hydrogens is 310 g/mol. The quantitative estimate of drug-likeness (QED) is 0.830. The number of carboxylic acid groups (broad SMARTS) is 1. The Morgan fingerprint density at radius 2 is 1.75 bits per heavy atom. The fourth-order valence-corrected chi connectivity index (χ4v) is 2.63. The van der Waals surface area contributed by atoms with E-state index in [2.05, 4.69) is 4.90 Å². The van der Waals surface area contributed by atoms with E-state index in [-0.39, 0.29) is 30.3 Å². The Hall–Kier alpha value is -2.41. The van der Waals surface area contributed by atoms with Gasteiger partial charge < -0.3 is 19.8 Å². The fraction of sp³-hybridized carbons (Fsp3) is 0.471. The first-order valence-corrected chi connectivity index (χ1v) is 7.90. The molecule has 0 saturated carbocycles. The van der Waals surface area contributed by atoms with E-state index in [4.69, 9.17) is 5.11 Å². The highest BCUT2D eigenvalue weighted by molar-refractivity contribution is 5.92. The second-order valence-corrected chi connectivity index (χ2v) is 6.07. The number of aromatic carboxylic acids is 1. The summed E-state index contributed by atoms with van der Waals surface area (Å²) in [6, 6.07) is 6.42. The Labute approximate surface area is 141 Å². The molecule has 2 rings (SSSR count). The molecule has 7 heteroatoms. The minimum absolute atomic E-state index is 0.0117. The standard InChI is InChI=1S/C17H23N3O4/c1-18-7-9-20(10-8-18)16(22)12-19(2)15(21)11-13-5-3-4-6-14(13)17(23)24/h3-6H,7-12H2,1-2H3,(H,23,24). The molecule has 1 aromatic rings. The Morgan fingerprint density at radius 1 is 1.12 bits per heavy atom. The zero-order valence-electron chi connectivity index (χ0n) is 14.1. The molecule has 0 radical (unpaired) electrons. The van der Waals surface area contributed by atoms with Gasteiger partial charge in [-0.25, -0.2) is 4.79 Å². The maximum absolute atomic E-state index is 12.3. The van der Waals surface area contributed by atoms with Gasteiger partial charge >= 0.3 is 5.97 Å². The van der Waals surface area contributed by atoms with Crippen molar-refractivity contribution in [1.82, 2.24) is 14.7 Å². The third-order valence-corrected chi connectivity index (χ3v) is 4.24. The first-order chi connectivity index (χ1) is 11.4. The molecule has 0 atom stereocenters. The number of piperazine rings is 1. The van der Waals surface area contributed by atoms with Crippen LogP contribution in [-0.2, 0) is 16.0 Å². The zero-order valence-corrected chi connectivity index (χ0v) is 14.1. The number of likely N-dealkylation sites (N-methyl/N-ethyl adjacent to an activating group) is 2. The van der Waals surface area contributed by atoms with Crippen molar-refractivity contribution in [3.05, 3.63) is 35.4 Å². The highest BCUT2D eigenvalue weighted by atomic mass is 16.4. The van der Waals surface area contributed by atoms with Crippen molar-refractivity contribution in [1.29, 1.82) is 0 Å². The van der Waals surface area contributed by atoms with Crippen molar-refractivity contribution in [2.45, 2.75) is 6.42 Å². The van der Waals surface area contributed by atoms with Crippen LogP contribution in [0, 0.1) is 0 Å². The van der Waals surface area contributed by atoms with Crippen LogP contribution in [0.15, 0.2) is 24.3 Å². The summed E-state index contributed by atoms with van der Waals surface area (Å²) < 4.78 is 0. The van der Waals surface area contributed by atoms with Crippen LogP contribution in [0.3, 0.4) is 0 Å². The summed E-state index contributed by atoms with van der Waals surface area (Å²) in [5.74, 6) is -1.41. The Bertz CT molecular complexity index is 624. The van der Waals surface area contributed by atoms with Gasteiger partial charge in [-0.15, -0.1) is 0 Å². The molecule has 0 spiro atoms. The topological polar surface area (TPSA) is 81.2 Å². The van der Waals surface area contributed by atoms with Crippen LogP contribution in [0.4, 0.5) is 0 Å². The van der Waals surface area contributed by atoms with Crippen molar-refractivity contribution in [3.63, 3.8) is 0 Å². The van der Waals surface area contributed by atoms with Crippen LogP contribution >= 0.6 is 0 Å². The van der Waals surface area contributed by atoms with E-state index in [9.17, 15) is 14.4 Å². The van der Waals surface area contributed by atoms with Gasteiger partial charge in [0, 0.05) is 33.2 Å². The third kappa shape index (κ3) is 4.55. The number of benzene rings is 1. The molecule has 130 valence electrons. The van der Waals surface area contributed by atoms with Gasteiger partial charge in [0.2, 0.25) is 11.8 Å². The van der Waals surface area contributed by atoms with Gasteiger partial charge in [-0.2, -0.15) is 0 Å². The van der Waals surface area contributed by atoms with Gasteiger partial charge in [-0.1, -0.05) is 18.2 Å². The smallest absolute Gasteiger partial charge is 0.335 e. The zero-order chi connectivity index (χ0) is 17.7. The van der Waals surface area contributed by atoms with E-state index >= 15 is 0 Å². The molecule has 2 amide bonds. The number of rotatable bonds is 5. The van der Waals surface area contributed by atoms with Crippen molar-refractivity contribution in [2.75, 3.05) is 46.8 Å². The van der Waals surface area contributed by atoms with Crippen LogP contribution in [0.2, 0.25) is 0 Å². The lowest BCUT2D eigenvalue weighted by molar-refractivity contribution is -0.140. The largest absolute Gasteiger partial charge is 0.478 e. The molecule has 1 N–H and O–H groups in total. The molecule has 7 nitrogen and oxygen atoms in total. The maximum Gasteiger partial charge on any atom is 0.335 e. The summed E-state index contributed by atoms with van der Waals surface area (Å²) in [6.07, 6.45) is -0.0327. The van der Waals surface area contributed by atoms with Crippen LogP contribution in [0.5, 0.6) is 0 Å². The van der Waals surface area contributed by atoms with Crippen molar-refractivity contribution < 1.29 is 19.5 Å². The van der Waals surface area contributed by atoms with Crippen molar-refractivity contribution >= 4 is 17.8 Å².